The van der Waals surface area contributed by atoms with Crippen molar-refractivity contribution in [2.24, 2.45) is 0 Å². The molecule has 146 valence electrons. The number of benzene rings is 3. The summed E-state index contributed by atoms with van der Waals surface area (Å²) in [5.74, 6) is 0.757. The molecule has 28 heavy (non-hydrogen) atoms. The van der Waals surface area contributed by atoms with Crippen LogP contribution in [0.3, 0.4) is 0 Å². The molecule has 1 N–H and O–H groups in total. The third-order valence-electron chi connectivity index (χ3n) is 4.34. The SMILES string of the molecule is CCCOc1c(Cl)cc(C(=O)NCc2cccc3ccccc23)cc1OCC. The number of carbonyl (C=O) groups is 1. The van der Waals surface area contributed by atoms with Crippen LogP contribution in [0.4, 0.5) is 0 Å². The van der Waals surface area contributed by atoms with E-state index in [1.54, 1.807) is 12.1 Å². The molecule has 0 spiro atoms. The molecule has 0 aliphatic heterocycles. The first-order valence-electron chi connectivity index (χ1n) is 9.48. The van der Waals surface area contributed by atoms with Gasteiger partial charge in [-0.2, -0.15) is 0 Å². The summed E-state index contributed by atoms with van der Waals surface area (Å²) in [6, 6.07) is 17.5. The number of hydrogen-bond acceptors (Lipinski definition) is 3. The number of nitrogens with one attached hydrogen (secondary N) is 1. The molecule has 5 heteroatoms. The van der Waals surface area contributed by atoms with Gasteiger partial charge in [-0.1, -0.05) is 61.0 Å². The average Bonchev–Trinajstić information content (AvgIpc) is 2.71. The number of fused-ring (bicyclic) bond motifs is 1. The summed E-state index contributed by atoms with van der Waals surface area (Å²) in [5, 5.41) is 5.62. The Balaban J connectivity index is 1.80. The maximum absolute atomic E-state index is 12.7. The summed E-state index contributed by atoms with van der Waals surface area (Å²) < 4.78 is 11.3. The van der Waals surface area contributed by atoms with Crippen LogP contribution in [-0.2, 0) is 6.54 Å². The fraction of sp³-hybridized carbons (Fsp3) is 0.261. The molecular formula is C23H24ClNO3. The Hall–Kier alpha value is -2.72. The van der Waals surface area contributed by atoms with Crippen LogP contribution in [0.1, 0.15) is 36.2 Å². The molecule has 0 radical (unpaired) electrons. The zero-order valence-electron chi connectivity index (χ0n) is 16.1. The molecule has 3 aromatic carbocycles. The van der Waals surface area contributed by atoms with E-state index in [0.717, 1.165) is 22.8 Å². The molecule has 0 aromatic heterocycles. The first-order chi connectivity index (χ1) is 13.6. The van der Waals surface area contributed by atoms with E-state index in [4.69, 9.17) is 21.1 Å². The van der Waals surface area contributed by atoms with E-state index in [9.17, 15) is 4.79 Å². The summed E-state index contributed by atoms with van der Waals surface area (Å²) in [6.45, 7) is 5.32. The van der Waals surface area contributed by atoms with E-state index < -0.39 is 0 Å². The van der Waals surface area contributed by atoms with Crippen LogP contribution in [0.2, 0.25) is 5.02 Å². The summed E-state index contributed by atoms with van der Waals surface area (Å²) in [6.07, 6.45) is 0.856. The van der Waals surface area contributed by atoms with Crippen LogP contribution in [0.15, 0.2) is 54.6 Å². The van der Waals surface area contributed by atoms with Gasteiger partial charge in [0.2, 0.25) is 0 Å². The van der Waals surface area contributed by atoms with Crippen LogP contribution >= 0.6 is 11.6 Å². The van der Waals surface area contributed by atoms with Gasteiger partial charge in [0, 0.05) is 12.1 Å². The number of rotatable bonds is 8. The second kappa shape index (κ2) is 9.47. The molecule has 4 nitrogen and oxygen atoms in total. The lowest BCUT2D eigenvalue weighted by Crippen LogP contribution is -2.23. The quantitative estimate of drug-likeness (QED) is 0.537. The van der Waals surface area contributed by atoms with Gasteiger partial charge < -0.3 is 14.8 Å². The zero-order chi connectivity index (χ0) is 19.9. The van der Waals surface area contributed by atoms with Gasteiger partial charge in [-0.3, -0.25) is 4.79 Å². The zero-order valence-corrected chi connectivity index (χ0v) is 16.9. The van der Waals surface area contributed by atoms with Crippen LogP contribution in [-0.4, -0.2) is 19.1 Å². The molecule has 0 aliphatic carbocycles. The molecule has 0 bridgehead atoms. The third kappa shape index (κ3) is 4.57. The maximum atomic E-state index is 12.7. The van der Waals surface area contributed by atoms with Gasteiger partial charge in [0.15, 0.2) is 11.5 Å². The average molecular weight is 398 g/mol. The Labute approximate surface area is 170 Å². The Morgan fingerprint density at radius 3 is 2.61 bits per heavy atom. The number of amides is 1. The van der Waals surface area contributed by atoms with Gasteiger partial charge in [0.1, 0.15) is 0 Å². The minimum atomic E-state index is -0.210. The van der Waals surface area contributed by atoms with E-state index in [2.05, 4.69) is 23.5 Å². The van der Waals surface area contributed by atoms with Crippen LogP contribution in [0.25, 0.3) is 10.8 Å². The fourth-order valence-electron chi connectivity index (χ4n) is 3.03. The van der Waals surface area contributed by atoms with Gasteiger partial charge in [0.05, 0.1) is 18.2 Å². The van der Waals surface area contributed by atoms with E-state index in [1.165, 1.54) is 0 Å². The minimum absolute atomic E-state index is 0.210. The molecule has 0 saturated carbocycles. The lowest BCUT2D eigenvalue weighted by atomic mass is 10.0. The van der Waals surface area contributed by atoms with Gasteiger partial charge in [0.25, 0.3) is 5.91 Å². The van der Waals surface area contributed by atoms with Crippen LogP contribution in [0, 0.1) is 0 Å². The summed E-state index contributed by atoms with van der Waals surface area (Å²) in [5.41, 5.74) is 1.50. The molecule has 0 heterocycles. The number of carbonyl (C=O) groups excluding carboxylic acids is 1. The van der Waals surface area contributed by atoms with Crippen LogP contribution in [0.5, 0.6) is 11.5 Å². The largest absolute Gasteiger partial charge is 0.490 e. The number of hydrogen-bond donors (Lipinski definition) is 1. The van der Waals surface area contributed by atoms with Crippen LogP contribution < -0.4 is 14.8 Å². The molecule has 0 fully saturated rings. The highest BCUT2D eigenvalue weighted by atomic mass is 35.5. The molecule has 0 saturated heterocycles. The number of ether oxygens (including phenoxy) is 2. The van der Waals surface area contributed by atoms with E-state index >= 15 is 0 Å². The molecule has 1 amide bonds. The van der Waals surface area contributed by atoms with E-state index in [1.807, 2.05) is 38.1 Å². The minimum Gasteiger partial charge on any atom is -0.490 e. The predicted octanol–water partition coefficient (Wildman–Crippen LogP) is 5.61. The molecule has 3 rings (SSSR count). The molecule has 0 unspecified atom stereocenters. The Morgan fingerprint density at radius 1 is 1.04 bits per heavy atom. The summed E-state index contributed by atoms with van der Waals surface area (Å²) in [4.78, 5) is 12.7. The molecule has 3 aromatic rings. The summed E-state index contributed by atoms with van der Waals surface area (Å²) in [7, 11) is 0. The maximum Gasteiger partial charge on any atom is 0.251 e. The third-order valence-corrected chi connectivity index (χ3v) is 4.62. The smallest absolute Gasteiger partial charge is 0.251 e. The molecule has 0 atom stereocenters. The standard InChI is InChI=1S/C23H24ClNO3/c1-3-12-28-22-20(24)13-18(14-21(22)27-4-2)23(26)25-15-17-10-7-9-16-8-5-6-11-19(16)17/h5-11,13-14H,3-4,12,15H2,1-2H3,(H,25,26). The highest BCUT2D eigenvalue weighted by molar-refractivity contribution is 6.32. The second-order valence-corrected chi connectivity index (χ2v) is 6.79. The lowest BCUT2D eigenvalue weighted by Gasteiger charge is -2.15. The molecular weight excluding hydrogens is 374 g/mol. The van der Waals surface area contributed by atoms with Gasteiger partial charge >= 0.3 is 0 Å². The summed E-state index contributed by atoms with van der Waals surface area (Å²) >= 11 is 6.36. The highest BCUT2D eigenvalue weighted by Gasteiger charge is 2.16. The van der Waals surface area contributed by atoms with Crippen molar-refractivity contribution in [2.45, 2.75) is 26.8 Å². The Bertz CT molecular complexity index is 966. The van der Waals surface area contributed by atoms with Crippen molar-refractivity contribution in [3.8, 4) is 11.5 Å². The first kappa shape index (κ1) is 20.0. The van der Waals surface area contributed by atoms with Crippen molar-refractivity contribution in [3.05, 3.63) is 70.7 Å². The number of halogens is 1. The predicted molar refractivity (Wildman–Crippen MR) is 114 cm³/mol. The fourth-order valence-corrected chi connectivity index (χ4v) is 3.30. The van der Waals surface area contributed by atoms with Crippen molar-refractivity contribution in [1.82, 2.24) is 5.32 Å². The van der Waals surface area contributed by atoms with Gasteiger partial charge in [-0.05, 0) is 41.8 Å². The van der Waals surface area contributed by atoms with E-state index in [-0.39, 0.29) is 5.91 Å². The normalized spacial score (nSPS) is 10.7. The molecule has 0 aliphatic rings. The topological polar surface area (TPSA) is 47.6 Å². The van der Waals surface area contributed by atoms with Gasteiger partial charge in [-0.15, -0.1) is 0 Å². The monoisotopic (exact) mass is 397 g/mol. The van der Waals surface area contributed by atoms with Crippen molar-refractivity contribution >= 4 is 28.3 Å². The second-order valence-electron chi connectivity index (χ2n) is 6.39. The lowest BCUT2D eigenvalue weighted by molar-refractivity contribution is 0.0950. The van der Waals surface area contributed by atoms with Crippen molar-refractivity contribution in [1.29, 1.82) is 0 Å². The first-order valence-corrected chi connectivity index (χ1v) is 9.85. The van der Waals surface area contributed by atoms with Crippen molar-refractivity contribution in [3.63, 3.8) is 0 Å². The van der Waals surface area contributed by atoms with Crippen molar-refractivity contribution < 1.29 is 14.3 Å². The Morgan fingerprint density at radius 2 is 1.82 bits per heavy atom. The highest BCUT2D eigenvalue weighted by Crippen LogP contribution is 2.36. The van der Waals surface area contributed by atoms with E-state index in [0.29, 0.717) is 41.8 Å². The Kier molecular flexibility index (Phi) is 6.77. The van der Waals surface area contributed by atoms with Crippen molar-refractivity contribution in [2.75, 3.05) is 13.2 Å². The van der Waals surface area contributed by atoms with Gasteiger partial charge in [-0.25, -0.2) is 0 Å².